The molecule has 15 heteroatoms. The fourth-order valence-corrected chi connectivity index (χ4v) is 6.58. The lowest BCUT2D eigenvalue weighted by Crippen LogP contribution is -2.60. The molecule has 7 rings (SSSR count). The van der Waals surface area contributed by atoms with Crippen molar-refractivity contribution in [3.05, 3.63) is 46.7 Å². The second-order valence-corrected chi connectivity index (χ2v) is 12.2. The first kappa shape index (κ1) is 30.9. The average Bonchev–Trinajstić information content (AvgIpc) is 3.61. The predicted octanol–water partition coefficient (Wildman–Crippen LogP) is 5.50. The van der Waals surface area contributed by atoms with Gasteiger partial charge < -0.3 is 20.9 Å². The number of carbonyl (C=O) groups is 1. The molecule has 0 bridgehead atoms. The number of carboxylic acids is 1. The van der Waals surface area contributed by atoms with Crippen molar-refractivity contribution in [2.24, 2.45) is 5.41 Å². The number of hydrogen-bond donors (Lipinski definition) is 4. The molecule has 2 fully saturated rings. The lowest BCUT2D eigenvalue weighted by Gasteiger charge is -2.54. The van der Waals surface area contributed by atoms with Crippen LogP contribution in [0.25, 0.3) is 44.2 Å². The number of aryl methyl sites for hydroxylation is 1. The summed E-state index contributed by atoms with van der Waals surface area (Å²) in [4.78, 5) is 8.90. The summed E-state index contributed by atoms with van der Waals surface area (Å²) in [6.45, 7) is 7.68. The van der Waals surface area contributed by atoms with Crippen LogP contribution in [0.2, 0.25) is 5.02 Å². The molecule has 4 heterocycles. The van der Waals surface area contributed by atoms with Crippen LogP contribution in [-0.2, 0) is 16.1 Å². The molecule has 45 heavy (non-hydrogen) atoms. The van der Waals surface area contributed by atoms with Crippen LogP contribution in [0.4, 0.5) is 19.0 Å². The Morgan fingerprint density at radius 2 is 1.91 bits per heavy atom. The van der Waals surface area contributed by atoms with Crippen LogP contribution in [0.1, 0.15) is 30.1 Å². The lowest BCUT2D eigenvalue weighted by atomic mass is 9.61. The van der Waals surface area contributed by atoms with Gasteiger partial charge in [0, 0.05) is 54.2 Å². The molecule has 0 radical (unpaired) electrons. The van der Waals surface area contributed by atoms with E-state index in [1.165, 1.54) is 0 Å². The molecule has 1 spiro atoms. The summed E-state index contributed by atoms with van der Waals surface area (Å²) >= 11 is 7.06. The Bertz CT molecular complexity index is 1920. The van der Waals surface area contributed by atoms with Gasteiger partial charge in [-0.25, -0.2) is 4.79 Å². The minimum atomic E-state index is -5.08. The molecule has 0 atom stereocenters. The third-order valence-corrected chi connectivity index (χ3v) is 9.16. The molecule has 2 aromatic carbocycles. The van der Waals surface area contributed by atoms with E-state index < -0.39 is 12.1 Å². The SMILES string of the molecule is COCCn1cc2cc(-c3nn(C4CC5(CNC5)C4)c(C)c3-c3c(Cl)c(C)cc4[nH]nc(N)c34)ccc2n1.O=C(O)C(F)(F)F. The molecule has 1 saturated carbocycles. The highest BCUT2D eigenvalue weighted by molar-refractivity contribution is 6.36. The highest BCUT2D eigenvalue weighted by Gasteiger charge is 2.50. The van der Waals surface area contributed by atoms with E-state index in [4.69, 9.17) is 42.2 Å². The average molecular weight is 645 g/mol. The number of nitrogens with zero attached hydrogens (tertiary/aromatic N) is 5. The molecule has 0 unspecified atom stereocenters. The number of hydrogen-bond acceptors (Lipinski definition) is 7. The number of alkyl halides is 3. The molecule has 11 nitrogen and oxygen atoms in total. The Morgan fingerprint density at radius 1 is 1.20 bits per heavy atom. The third kappa shape index (κ3) is 5.51. The summed E-state index contributed by atoms with van der Waals surface area (Å²) in [5, 5.41) is 30.5. The smallest absolute Gasteiger partial charge is 0.475 e. The van der Waals surface area contributed by atoms with Gasteiger partial charge in [-0.05, 0) is 55.9 Å². The minimum Gasteiger partial charge on any atom is -0.475 e. The van der Waals surface area contributed by atoms with Gasteiger partial charge in [0.2, 0.25) is 0 Å². The monoisotopic (exact) mass is 644 g/mol. The molecular weight excluding hydrogens is 613 g/mol. The summed E-state index contributed by atoms with van der Waals surface area (Å²) in [6.07, 6.45) is -0.748. The molecule has 1 aliphatic heterocycles. The molecule has 238 valence electrons. The number of aromatic amines is 1. The maximum Gasteiger partial charge on any atom is 0.490 e. The Balaban J connectivity index is 0.000000460. The second-order valence-electron chi connectivity index (χ2n) is 11.8. The number of halogens is 4. The molecule has 1 saturated heterocycles. The first-order valence-electron chi connectivity index (χ1n) is 14.3. The van der Waals surface area contributed by atoms with Crippen molar-refractivity contribution < 1.29 is 27.8 Å². The van der Waals surface area contributed by atoms with Crippen molar-refractivity contribution in [3.63, 3.8) is 0 Å². The fraction of sp³-hybridized carbons (Fsp3) is 0.400. The minimum absolute atomic E-state index is 0.367. The number of aromatic nitrogens is 6. The van der Waals surface area contributed by atoms with Gasteiger partial charge in [-0.15, -0.1) is 0 Å². The zero-order valence-corrected chi connectivity index (χ0v) is 25.6. The number of H-pyrrole nitrogens is 1. The number of aliphatic carboxylic acids is 1. The molecule has 5 aromatic rings. The van der Waals surface area contributed by atoms with E-state index in [2.05, 4.69) is 51.5 Å². The number of ether oxygens (including phenoxy) is 1. The van der Waals surface area contributed by atoms with Crippen LogP contribution in [0.15, 0.2) is 30.5 Å². The molecular formula is C30H32ClF3N8O3. The van der Waals surface area contributed by atoms with E-state index in [1.54, 1.807) is 7.11 Å². The largest absolute Gasteiger partial charge is 0.490 e. The van der Waals surface area contributed by atoms with Gasteiger partial charge in [0.15, 0.2) is 5.82 Å². The van der Waals surface area contributed by atoms with Gasteiger partial charge in [-0.3, -0.25) is 14.5 Å². The van der Waals surface area contributed by atoms with Crippen LogP contribution < -0.4 is 11.1 Å². The summed E-state index contributed by atoms with van der Waals surface area (Å²) in [7, 11) is 1.70. The van der Waals surface area contributed by atoms with Crippen LogP contribution in [-0.4, -0.2) is 73.8 Å². The maximum absolute atomic E-state index is 10.6. The van der Waals surface area contributed by atoms with E-state index in [9.17, 15) is 13.2 Å². The summed E-state index contributed by atoms with van der Waals surface area (Å²) < 4.78 is 41.1. The number of nitrogen functional groups attached to an aromatic ring is 1. The van der Waals surface area contributed by atoms with Crippen LogP contribution in [0.3, 0.4) is 0 Å². The number of carboxylic acid groups (broad SMARTS) is 1. The highest BCUT2D eigenvalue weighted by Crippen LogP contribution is 2.53. The van der Waals surface area contributed by atoms with Crippen molar-refractivity contribution in [1.82, 2.24) is 35.1 Å². The zero-order chi connectivity index (χ0) is 32.3. The topological polar surface area (TPSA) is 149 Å². The Morgan fingerprint density at radius 3 is 2.53 bits per heavy atom. The van der Waals surface area contributed by atoms with Gasteiger partial charge >= 0.3 is 12.1 Å². The van der Waals surface area contributed by atoms with E-state index in [-0.39, 0.29) is 0 Å². The number of benzene rings is 2. The first-order chi connectivity index (χ1) is 21.3. The van der Waals surface area contributed by atoms with Gasteiger partial charge in [0.1, 0.15) is 5.69 Å². The van der Waals surface area contributed by atoms with Crippen molar-refractivity contribution in [1.29, 1.82) is 0 Å². The number of methoxy groups -OCH3 is 1. The Kier molecular flexibility index (Phi) is 7.78. The normalized spacial score (nSPS) is 16.1. The Labute approximate surface area is 260 Å². The molecule has 3 aromatic heterocycles. The third-order valence-electron chi connectivity index (χ3n) is 8.67. The Hall–Kier alpha value is -4.14. The maximum atomic E-state index is 10.6. The number of fused-ring (bicyclic) bond motifs is 2. The van der Waals surface area contributed by atoms with Gasteiger partial charge in [0.25, 0.3) is 0 Å². The van der Waals surface area contributed by atoms with E-state index >= 15 is 0 Å². The van der Waals surface area contributed by atoms with E-state index in [0.717, 1.165) is 81.4 Å². The predicted molar refractivity (Wildman–Crippen MR) is 164 cm³/mol. The lowest BCUT2D eigenvalue weighted by molar-refractivity contribution is -0.192. The van der Waals surface area contributed by atoms with Crippen molar-refractivity contribution >= 4 is 45.2 Å². The van der Waals surface area contributed by atoms with E-state index in [0.29, 0.717) is 35.4 Å². The van der Waals surface area contributed by atoms with Crippen LogP contribution in [0.5, 0.6) is 0 Å². The van der Waals surface area contributed by atoms with Crippen LogP contribution in [0, 0.1) is 19.3 Å². The summed E-state index contributed by atoms with van der Waals surface area (Å²) in [5.41, 5.74) is 14.5. The van der Waals surface area contributed by atoms with Gasteiger partial charge in [0.05, 0.1) is 40.6 Å². The standard InChI is InChI=1S/C28H31ClN8O.C2HF3O2/c1-15-8-21-23(27(30)33-32-21)24(25(15)29)22-16(2)37(19-10-28(11-19)13-31-14-28)35-26(22)17-4-5-20-18(9-17)12-36(34-20)6-7-38-3;3-2(4,5)1(6)7/h4-5,8-9,12,19,31H,6-7,10-11,13-14H2,1-3H3,(H3,30,32,33);(H,6,7). The van der Waals surface area contributed by atoms with Crippen molar-refractivity contribution in [3.8, 4) is 22.4 Å². The van der Waals surface area contributed by atoms with Gasteiger partial charge in [-0.1, -0.05) is 17.7 Å². The molecule has 1 aliphatic carbocycles. The first-order valence-corrected chi connectivity index (χ1v) is 14.7. The number of nitrogens with two attached hydrogens (primary N) is 1. The summed E-state index contributed by atoms with van der Waals surface area (Å²) in [5.74, 6) is -2.32. The summed E-state index contributed by atoms with van der Waals surface area (Å²) in [6, 6.07) is 8.70. The zero-order valence-electron chi connectivity index (χ0n) is 24.8. The fourth-order valence-electron chi connectivity index (χ4n) is 6.34. The van der Waals surface area contributed by atoms with E-state index in [1.807, 2.05) is 17.7 Å². The van der Waals surface area contributed by atoms with Crippen LogP contribution >= 0.6 is 11.6 Å². The second kappa shape index (κ2) is 11.3. The highest BCUT2D eigenvalue weighted by atomic mass is 35.5. The van der Waals surface area contributed by atoms with Gasteiger partial charge in [-0.2, -0.15) is 28.5 Å². The van der Waals surface area contributed by atoms with Crippen molar-refractivity contribution in [2.75, 3.05) is 32.5 Å². The number of nitrogens with one attached hydrogen (secondary N) is 2. The molecule has 5 N–H and O–H groups in total. The quantitative estimate of drug-likeness (QED) is 0.189. The molecule has 0 amide bonds. The number of rotatable bonds is 6. The van der Waals surface area contributed by atoms with Crippen molar-refractivity contribution in [2.45, 2.75) is 45.5 Å². The molecule has 2 aliphatic rings. The number of anilines is 1.